The van der Waals surface area contributed by atoms with Crippen molar-refractivity contribution >= 4 is 0 Å². The molecule has 0 aliphatic carbocycles. The zero-order chi connectivity index (χ0) is 11.4. The van der Waals surface area contributed by atoms with Gasteiger partial charge in [-0.15, -0.1) is 0 Å². The number of rotatable bonds is 4. The summed E-state index contributed by atoms with van der Waals surface area (Å²) in [5, 5.41) is 0. The van der Waals surface area contributed by atoms with Gasteiger partial charge in [-0.1, -0.05) is 0 Å². The second-order valence-corrected chi connectivity index (χ2v) is 5.29. The molecule has 0 bridgehead atoms. The van der Waals surface area contributed by atoms with E-state index >= 15 is 0 Å². The van der Waals surface area contributed by atoms with Crippen molar-refractivity contribution in [1.29, 1.82) is 0 Å². The zero-order valence-electron chi connectivity index (χ0n) is 10.7. The van der Waals surface area contributed by atoms with E-state index in [1.54, 1.807) is 0 Å². The second kappa shape index (κ2) is 5.83. The summed E-state index contributed by atoms with van der Waals surface area (Å²) in [6, 6.07) is 0.755. The van der Waals surface area contributed by atoms with Crippen molar-refractivity contribution in [3.63, 3.8) is 0 Å². The minimum absolute atomic E-state index is 0.265. The van der Waals surface area contributed by atoms with Crippen LogP contribution in [0.4, 0.5) is 0 Å². The minimum Gasteiger partial charge on any atom is -0.327 e. The Morgan fingerprint density at radius 1 is 1.33 bits per heavy atom. The molecule has 1 aliphatic heterocycles. The molecule has 0 spiro atoms. The first-order valence-corrected chi connectivity index (χ1v) is 6.15. The lowest BCUT2D eigenvalue weighted by Crippen LogP contribution is -2.45. The predicted molar refractivity (Wildman–Crippen MR) is 66.0 cm³/mol. The van der Waals surface area contributed by atoms with Gasteiger partial charge >= 0.3 is 0 Å². The Kier molecular flexibility index (Phi) is 5.03. The molecule has 1 fully saturated rings. The summed E-state index contributed by atoms with van der Waals surface area (Å²) in [6.45, 7) is 8.03. The van der Waals surface area contributed by atoms with Crippen molar-refractivity contribution in [3.05, 3.63) is 0 Å². The Bertz CT molecular complexity index is 174. The number of hydrogen-bond acceptors (Lipinski definition) is 3. The third-order valence-electron chi connectivity index (χ3n) is 3.84. The van der Waals surface area contributed by atoms with E-state index in [0.29, 0.717) is 6.04 Å². The number of likely N-dealkylation sites (N-methyl/N-ethyl adjacent to an activating group) is 1. The Morgan fingerprint density at radius 3 is 2.33 bits per heavy atom. The maximum Gasteiger partial charge on any atom is 0.0213 e. The molecule has 3 heteroatoms. The summed E-state index contributed by atoms with van der Waals surface area (Å²) in [4.78, 5) is 4.84. The molecule has 0 aromatic carbocycles. The maximum atomic E-state index is 5.91. The number of hydrogen-bond donors (Lipinski definition) is 1. The smallest absolute Gasteiger partial charge is 0.0213 e. The van der Waals surface area contributed by atoms with Gasteiger partial charge in [0.1, 0.15) is 0 Å². The summed E-state index contributed by atoms with van der Waals surface area (Å²) in [5.74, 6) is 0.868. The fraction of sp³-hybridized carbons (Fsp3) is 1.00. The molecule has 0 amide bonds. The lowest BCUT2D eigenvalue weighted by molar-refractivity contribution is 0.147. The van der Waals surface area contributed by atoms with Crippen LogP contribution in [-0.2, 0) is 0 Å². The van der Waals surface area contributed by atoms with Gasteiger partial charge in [-0.3, -0.25) is 0 Å². The van der Waals surface area contributed by atoms with Gasteiger partial charge in [-0.25, -0.2) is 0 Å². The highest BCUT2D eigenvalue weighted by Crippen LogP contribution is 2.17. The third kappa shape index (κ3) is 4.09. The van der Waals surface area contributed by atoms with Gasteiger partial charge in [-0.2, -0.15) is 0 Å². The number of likely N-dealkylation sites (tertiary alicyclic amines) is 1. The first-order chi connectivity index (χ1) is 7.00. The van der Waals surface area contributed by atoms with Gasteiger partial charge in [0, 0.05) is 18.6 Å². The van der Waals surface area contributed by atoms with Crippen LogP contribution in [0.1, 0.15) is 26.7 Å². The van der Waals surface area contributed by atoms with Crippen LogP contribution in [0.5, 0.6) is 0 Å². The first-order valence-electron chi connectivity index (χ1n) is 6.15. The Hall–Kier alpha value is -0.120. The van der Waals surface area contributed by atoms with Gasteiger partial charge in [0.25, 0.3) is 0 Å². The molecule has 0 radical (unpaired) electrons. The van der Waals surface area contributed by atoms with E-state index in [0.717, 1.165) is 5.92 Å². The number of nitrogens with two attached hydrogens (primary N) is 1. The third-order valence-corrected chi connectivity index (χ3v) is 3.84. The summed E-state index contributed by atoms with van der Waals surface area (Å²) in [6.07, 6.45) is 2.68. The largest absolute Gasteiger partial charge is 0.327 e. The van der Waals surface area contributed by atoms with Crippen molar-refractivity contribution in [2.75, 3.05) is 33.7 Å². The summed E-state index contributed by atoms with van der Waals surface area (Å²) in [7, 11) is 4.41. The first kappa shape index (κ1) is 12.9. The molecule has 2 atom stereocenters. The van der Waals surface area contributed by atoms with Gasteiger partial charge in [0.15, 0.2) is 0 Å². The normalized spacial score (nSPS) is 24.4. The highest BCUT2D eigenvalue weighted by Gasteiger charge is 2.21. The molecule has 90 valence electrons. The topological polar surface area (TPSA) is 32.5 Å². The molecule has 0 saturated carbocycles. The van der Waals surface area contributed by atoms with E-state index < -0.39 is 0 Å². The molecule has 1 heterocycles. The van der Waals surface area contributed by atoms with E-state index in [2.05, 4.69) is 37.7 Å². The average molecular weight is 213 g/mol. The lowest BCUT2D eigenvalue weighted by atomic mass is 9.96. The van der Waals surface area contributed by atoms with Crippen LogP contribution in [-0.4, -0.2) is 55.6 Å². The van der Waals surface area contributed by atoms with Crippen LogP contribution in [0.3, 0.4) is 0 Å². The number of piperidine rings is 1. The van der Waals surface area contributed by atoms with Crippen molar-refractivity contribution in [2.45, 2.75) is 38.8 Å². The van der Waals surface area contributed by atoms with Crippen LogP contribution >= 0.6 is 0 Å². The molecule has 0 aromatic rings. The Labute approximate surface area is 94.6 Å². The van der Waals surface area contributed by atoms with Crippen molar-refractivity contribution < 1.29 is 0 Å². The van der Waals surface area contributed by atoms with E-state index in [1.165, 1.54) is 32.5 Å². The quantitative estimate of drug-likeness (QED) is 0.756. The van der Waals surface area contributed by atoms with Crippen LogP contribution in [0.15, 0.2) is 0 Å². The fourth-order valence-electron chi connectivity index (χ4n) is 2.22. The monoisotopic (exact) mass is 213 g/mol. The molecule has 15 heavy (non-hydrogen) atoms. The Morgan fingerprint density at radius 2 is 1.87 bits per heavy atom. The van der Waals surface area contributed by atoms with E-state index in [-0.39, 0.29) is 6.04 Å². The van der Waals surface area contributed by atoms with Crippen molar-refractivity contribution in [2.24, 2.45) is 11.7 Å². The maximum absolute atomic E-state index is 5.91. The van der Waals surface area contributed by atoms with Crippen LogP contribution < -0.4 is 5.73 Å². The lowest BCUT2D eigenvalue weighted by Gasteiger charge is -2.35. The molecular formula is C12H27N3. The van der Waals surface area contributed by atoms with Crippen molar-refractivity contribution in [1.82, 2.24) is 9.80 Å². The van der Waals surface area contributed by atoms with Gasteiger partial charge < -0.3 is 15.5 Å². The van der Waals surface area contributed by atoms with Gasteiger partial charge in [0.05, 0.1) is 0 Å². The molecular weight excluding hydrogens is 186 g/mol. The van der Waals surface area contributed by atoms with Crippen molar-refractivity contribution in [3.8, 4) is 0 Å². The summed E-state index contributed by atoms with van der Waals surface area (Å²) < 4.78 is 0. The fourth-order valence-corrected chi connectivity index (χ4v) is 2.22. The minimum atomic E-state index is 0.265. The molecule has 2 unspecified atom stereocenters. The van der Waals surface area contributed by atoms with E-state index in [1.807, 2.05) is 0 Å². The van der Waals surface area contributed by atoms with Gasteiger partial charge in [-0.05, 0) is 59.8 Å². The number of nitrogens with zero attached hydrogens (tertiary/aromatic N) is 2. The van der Waals surface area contributed by atoms with Gasteiger partial charge in [0.2, 0.25) is 0 Å². The van der Waals surface area contributed by atoms with E-state index in [9.17, 15) is 0 Å². The molecule has 1 aliphatic rings. The average Bonchev–Trinajstić information content (AvgIpc) is 2.20. The standard InChI is InChI=1S/C12H27N3/c1-10(13)11(2)15(4)9-12-5-7-14(3)8-6-12/h10-12H,5-9,13H2,1-4H3. The highest BCUT2D eigenvalue weighted by atomic mass is 15.2. The summed E-state index contributed by atoms with van der Waals surface area (Å²) in [5.41, 5.74) is 5.91. The molecule has 3 nitrogen and oxygen atoms in total. The molecule has 1 saturated heterocycles. The SMILES string of the molecule is CC(N)C(C)N(C)CC1CCN(C)CC1. The predicted octanol–water partition coefficient (Wildman–Crippen LogP) is 0.996. The van der Waals surface area contributed by atoms with Crippen LogP contribution in [0, 0.1) is 5.92 Å². The second-order valence-electron chi connectivity index (χ2n) is 5.29. The molecule has 2 N–H and O–H groups in total. The van der Waals surface area contributed by atoms with E-state index in [4.69, 9.17) is 5.73 Å². The van der Waals surface area contributed by atoms with Crippen LogP contribution in [0.2, 0.25) is 0 Å². The van der Waals surface area contributed by atoms with Crippen LogP contribution in [0.25, 0.3) is 0 Å². The molecule has 0 aromatic heterocycles. The zero-order valence-corrected chi connectivity index (χ0v) is 10.7. The summed E-state index contributed by atoms with van der Waals surface area (Å²) >= 11 is 0. The molecule has 1 rings (SSSR count). The Balaban J connectivity index is 2.28. The highest BCUT2D eigenvalue weighted by molar-refractivity contribution is 4.77.